The standard InChI is InChI=1S/C15H11F2N/c16-13-5-6-15(14(17)9-13)18-8-7-12(10-18)11-3-1-2-4-11/h1-11H. The van der Waals surface area contributed by atoms with Gasteiger partial charge in [-0.15, -0.1) is 0 Å². The molecule has 3 heteroatoms. The van der Waals surface area contributed by atoms with Gasteiger partial charge in [-0.25, -0.2) is 8.78 Å². The van der Waals surface area contributed by atoms with E-state index in [1.807, 2.05) is 24.4 Å². The highest BCUT2D eigenvalue weighted by Gasteiger charge is 2.11. The molecule has 0 saturated heterocycles. The molecule has 0 fully saturated rings. The highest BCUT2D eigenvalue weighted by molar-refractivity contribution is 5.39. The van der Waals surface area contributed by atoms with Crippen molar-refractivity contribution in [3.05, 3.63) is 78.2 Å². The second kappa shape index (κ2) is 4.26. The lowest BCUT2D eigenvalue weighted by atomic mass is 10.1. The Labute approximate surface area is 104 Å². The summed E-state index contributed by atoms with van der Waals surface area (Å²) in [5, 5.41) is 0. The zero-order chi connectivity index (χ0) is 12.5. The van der Waals surface area contributed by atoms with Gasteiger partial charge in [0.1, 0.15) is 11.6 Å². The van der Waals surface area contributed by atoms with Crippen molar-refractivity contribution in [3.63, 3.8) is 0 Å². The molecule has 0 unspecified atom stereocenters. The molecule has 0 N–H and O–H groups in total. The normalized spacial score (nSPS) is 14.6. The van der Waals surface area contributed by atoms with Gasteiger partial charge in [-0.1, -0.05) is 24.3 Å². The van der Waals surface area contributed by atoms with Gasteiger partial charge in [0, 0.05) is 24.4 Å². The molecular formula is C15H11F2N. The third kappa shape index (κ3) is 1.88. The van der Waals surface area contributed by atoms with Crippen molar-refractivity contribution in [1.29, 1.82) is 0 Å². The summed E-state index contributed by atoms with van der Waals surface area (Å²) in [6.07, 6.45) is 11.8. The maximum Gasteiger partial charge on any atom is 0.150 e. The van der Waals surface area contributed by atoms with Crippen LogP contribution in [0.1, 0.15) is 11.5 Å². The van der Waals surface area contributed by atoms with Crippen LogP contribution in [0.4, 0.5) is 8.78 Å². The van der Waals surface area contributed by atoms with Crippen LogP contribution in [0.3, 0.4) is 0 Å². The van der Waals surface area contributed by atoms with Crippen LogP contribution in [-0.2, 0) is 0 Å². The predicted octanol–water partition coefficient (Wildman–Crippen LogP) is 3.97. The summed E-state index contributed by atoms with van der Waals surface area (Å²) in [5.74, 6) is -0.880. The number of rotatable bonds is 2. The average Bonchev–Trinajstić information content (AvgIpc) is 2.99. The van der Waals surface area contributed by atoms with Crippen molar-refractivity contribution in [3.8, 4) is 5.69 Å². The fraction of sp³-hybridized carbons (Fsp3) is 0.0667. The van der Waals surface area contributed by atoms with Crippen LogP contribution >= 0.6 is 0 Å². The van der Waals surface area contributed by atoms with Gasteiger partial charge < -0.3 is 4.57 Å². The van der Waals surface area contributed by atoms with Gasteiger partial charge in [-0.05, 0) is 23.8 Å². The Bertz CT molecular complexity index is 626. The molecule has 0 radical (unpaired) electrons. The topological polar surface area (TPSA) is 4.93 Å². The molecule has 1 aromatic carbocycles. The molecule has 1 aliphatic carbocycles. The maximum absolute atomic E-state index is 13.6. The fourth-order valence-electron chi connectivity index (χ4n) is 2.10. The van der Waals surface area contributed by atoms with Crippen molar-refractivity contribution in [2.75, 3.05) is 0 Å². The molecular weight excluding hydrogens is 232 g/mol. The quantitative estimate of drug-likeness (QED) is 0.752. The Hall–Kier alpha value is -2.16. The van der Waals surface area contributed by atoms with E-state index in [0.717, 1.165) is 11.6 Å². The molecule has 1 aromatic heterocycles. The van der Waals surface area contributed by atoms with Crippen LogP contribution in [-0.4, -0.2) is 4.57 Å². The number of halogens is 2. The Morgan fingerprint density at radius 2 is 1.78 bits per heavy atom. The zero-order valence-electron chi connectivity index (χ0n) is 9.55. The summed E-state index contributed by atoms with van der Waals surface area (Å²) >= 11 is 0. The summed E-state index contributed by atoms with van der Waals surface area (Å²) in [4.78, 5) is 0. The first kappa shape index (κ1) is 11.0. The molecule has 0 aliphatic heterocycles. The molecule has 1 aliphatic rings. The maximum atomic E-state index is 13.6. The van der Waals surface area contributed by atoms with Gasteiger partial charge in [-0.3, -0.25) is 0 Å². The lowest BCUT2D eigenvalue weighted by Gasteiger charge is -2.05. The number of benzene rings is 1. The van der Waals surface area contributed by atoms with E-state index in [4.69, 9.17) is 0 Å². The summed E-state index contributed by atoms with van der Waals surface area (Å²) in [6.45, 7) is 0. The van der Waals surface area contributed by atoms with E-state index in [9.17, 15) is 8.78 Å². The Morgan fingerprint density at radius 3 is 2.50 bits per heavy atom. The largest absolute Gasteiger partial charge is 0.321 e. The molecule has 1 nitrogen and oxygen atoms in total. The van der Waals surface area contributed by atoms with E-state index in [1.165, 1.54) is 12.1 Å². The van der Waals surface area contributed by atoms with Crippen LogP contribution in [0.2, 0.25) is 0 Å². The first-order valence-corrected chi connectivity index (χ1v) is 5.72. The molecule has 0 saturated carbocycles. The Kier molecular flexibility index (Phi) is 2.59. The summed E-state index contributed by atoms with van der Waals surface area (Å²) in [5.41, 5.74) is 1.44. The number of hydrogen-bond donors (Lipinski definition) is 0. The van der Waals surface area contributed by atoms with Crippen LogP contribution in [0.5, 0.6) is 0 Å². The van der Waals surface area contributed by atoms with Gasteiger partial charge in [0.25, 0.3) is 0 Å². The molecule has 0 bridgehead atoms. The fourth-order valence-corrected chi connectivity index (χ4v) is 2.10. The second-order valence-electron chi connectivity index (χ2n) is 4.24. The highest BCUT2D eigenvalue weighted by atomic mass is 19.1. The van der Waals surface area contributed by atoms with Gasteiger partial charge >= 0.3 is 0 Å². The molecule has 1 heterocycles. The van der Waals surface area contributed by atoms with Crippen molar-refractivity contribution in [1.82, 2.24) is 4.57 Å². The van der Waals surface area contributed by atoms with Crippen LogP contribution in [0.15, 0.2) is 61.0 Å². The lowest BCUT2D eigenvalue weighted by molar-refractivity contribution is 0.578. The predicted molar refractivity (Wildman–Crippen MR) is 66.7 cm³/mol. The van der Waals surface area contributed by atoms with E-state index in [-0.39, 0.29) is 5.92 Å². The zero-order valence-corrected chi connectivity index (χ0v) is 9.55. The third-order valence-electron chi connectivity index (χ3n) is 3.04. The van der Waals surface area contributed by atoms with Crippen molar-refractivity contribution in [2.24, 2.45) is 0 Å². The molecule has 3 rings (SSSR count). The van der Waals surface area contributed by atoms with Gasteiger partial charge in [0.15, 0.2) is 0 Å². The van der Waals surface area contributed by atoms with E-state index in [2.05, 4.69) is 12.2 Å². The van der Waals surface area contributed by atoms with Crippen LogP contribution in [0, 0.1) is 11.6 Å². The number of nitrogens with zero attached hydrogens (tertiary/aromatic N) is 1. The van der Waals surface area contributed by atoms with E-state index < -0.39 is 11.6 Å². The van der Waals surface area contributed by atoms with Crippen molar-refractivity contribution in [2.45, 2.75) is 5.92 Å². The van der Waals surface area contributed by atoms with Gasteiger partial charge in [-0.2, -0.15) is 0 Å². The Morgan fingerprint density at radius 1 is 1.00 bits per heavy atom. The van der Waals surface area contributed by atoms with Crippen LogP contribution < -0.4 is 0 Å². The second-order valence-corrected chi connectivity index (χ2v) is 4.24. The first-order chi connectivity index (χ1) is 8.74. The van der Waals surface area contributed by atoms with Crippen molar-refractivity contribution >= 4 is 0 Å². The average molecular weight is 243 g/mol. The van der Waals surface area contributed by atoms with Crippen molar-refractivity contribution < 1.29 is 8.78 Å². The van der Waals surface area contributed by atoms with E-state index in [1.54, 1.807) is 10.8 Å². The number of allylic oxidation sites excluding steroid dienone is 4. The Balaban J connectivity index is 1.97. The molecule has 0 atom stereocenters. The van der Waals surface area contributed by atoms with Crippen LogP contribution in [0.25, 0.3) is 5.69 Å². The molecule has 0 amide bonds. The molecule has 0 spiro atoms. The minimum absolute atomic E-state index is 0.245. The summed E-state index contributed by atoms with van der Waals surface area (Å²) in [7, 11) is 0. The van der Waals surface area contributed by atoms with Gasteiger partial charge in [0.05, 0.1) is 5.69 Å². The summed E-state index contributed by atoms with van der Waals surface area (Å²) in [6, 6.07) is 5.53. The van der Waals surface area contributed by atoms with E-state index in [0.29, 0.717) is 5.69 Å². The SMILES string of the molecule is Fc1ccc(-n2ccc(C3C=CC=C3)c2)c(F)c1. The molecule has 18 heavy (non-hydrogen) atoms. The summed E-state index contributed by atoms with van der Waals surface area (Å²) < 4.78 is 28.2. The minimum atomic E-state index is -0.565. The van der Waals surface area contributed by atoms with E-state index >= 15 is 0 Å². The third-order valence-corrected chi connectivity index (χ3v) is 3.04. The first-order valence-electron chi connectivity index (χ1n) is 5.72. The minimum Gasteiger partial charge on any atom is -0.321 e. The highest BCUT2D eigenvalue weighted by Crippen LogP contribution is 2.25. The number of aromatic nitrogens is 1. The monoisotopic (exact) mass is 243 g/mol. The lowest BCUT2D eigenvalue weighted by Crippen LogP contribution is -1.95. The smallest absolute Gasteiger partial charge is 0.150 e. The van der Waals surface area contributed by atoms with Gasteiger partial charge in [0.2, 0.25) is 0 Å². The number of hydrogen-bond acceptors (Lipinski definition) is 0. The molecule has 90 valence electrons. The molecule has 2 aromatic rings.